The average Bonchev–Trinajstić information content (AvgIpc) is 3.31. The number of fused-ring (bicyclic) bond motifs is 1. The van der Waals surface area contributed by atoms with Gasteiger partial charge in [-0.1, -0.05) is 24.3 Å². The molecule has 0 amide bonds. The highest BCUT2D eigenvalue weighted by Crippen LogP contribution is 2.35. The largest absolute Gasteiger partial charge is 0.481 e. The van der Waals surface area contributed by atoms with Crippen LogP contribution in [0.25, 0.3) is 28.3 Å². The van der Waals surface area contributed by atoms with Crippen molar-refractivity contribution in [2.24, 2.45) is 0 Å². The third-order valence-corrected chi connectivity index (χ3v) is 4.55. The van der Waals surface area contributed by atoms with Crippen LogP contribution >= 0.6 is 0 Å². The van der Waals surface area contributed by atoms with Gasteiger partial charge in [0.15, 0.2) is 0 Å². The van der Waals surface area contributed by atoms with E-state index in [0.717, 1.165) is 12.1 Å². The van der Waals surface area contributed by atoms with Gasteiger partial charge < -0.3 is 9.52 Å². The lowest BCUT2D eigenvalue weighted by atomic mass is 10.0. The fraction of sp³-hybridized carbons (Fsp3) is 0.150. The van der Waals surface area contributed by atoms with Gasteiger partial charge in [-0.05, 0) is 31.2 Å². The van der Waals surface area contributed by atoms with Crippen molar-refractivity contribution >= 4 is 17.0 Å². The summed E-state index contributed by atoms with van der Waals surface area (Å²) in [6.07, 6.45) is -2.98. The Morgan fingerprint density at radius 1 is 1.14 bits per heavy atom. The molecular weight excluding hydrogens is 387 g/mol. The van der Waals surface area contributed by atoms with Gasteiger partial charge in [0, 0.05) is 5.56 Å². The summed E-state index contributed by atoms with van der Waals surface area (Å²) in [6, 6.07) is 11.6. The molecule has 0 bridgehead atoms. The molecule has 0 aliphatic heterocycles. The molecule has 0 radical (unpaired) electrons. The SMILES string of the molecule is CC(C(=O)O)c1oc(-n2cnc3ccccc32)nc1-c1ccc(C(F)(F)F)cc1. The molecule has 1 N–H and O–H groups in total. The first-order chi connectivity index (χ1) is 13.8. The number of aliphatic carboxylic acids is 1. The van der Waals surface area contributed by atoms with Crippen LogP contribution in [-0.4, -0.2) is 25.6 Å². The normalized spacial score (nSPS) is 13.0. The van der Waals surface area contributed by atoms with Gasteiger partial charge in [-0.3, -0.25) is 9.36 Å². The van der Waals surface area contributed by atoms with E-state index in [0.29, 0.717) is 16.6 Å². The number of aromatic nitrogens is 3. The van der Waals surface area contributed by atoms with E-state index in [1.165, 1.54) is 25.4 Å². The average molecular weight is 401 g/mol. The van der Waals surface area contributed by atoms with Crippen LogP contribution in [0.3, 0.4) is 0 Å². The van der Waals surface area contributed by atoms with Crippen molar-refractivity contribution in [1.82, 2.24) is 14.5 Å². The van der Waals surface area contributed by atoms with Gasteiger partial charge in [0.2, 0.25) is 0 Å². The van der Waals surface area contributed by atoms with Crippen LogP contribution in [0.15, 0.2) is 59.3 Å². The molecule has 6 nitrogen and oxygen atoms in total. The zero-order chi connectivity index (χ0) is 20.8. The number of carboxylic acids is 1. The van der Waals surface area contributed by atoms with Gasteiger partial charge >= 0.3 is 18.2 Å². The fourth-order valence-electron chi connectivity index (χ4n) is 2.96. The molecule has 0 aliphatic carbocycles. The molecule has 29 heavy (non-hydrogen) atoms. The molecule has 2 aromatic carbocycles. The van der Waals surface area contributed by atoms with E-state index in [4.69, 9.17) is 4.42 Å². The van der Waals surface area contributed by atoms with Crippen molar-refractivity contribution in [3.05, 3.63) is 66.2 Å². The predicted octanol–water partition coefficient (Wildman–Crippen LogP) is 4.89. The van der Waals surface area contributed by atoms with Crippen molar-refractivity contribution in [1.29, 1.82) is 0 Å². The number of benzene rings is 2. The van der Waals surface area contributed by atoms with E-state index in [-0.39, 0.29) is 17.5 Å². The smallest absolute Gasteiger partial charge is 0.416 e. The third kappa shape index (κ3) is 3.35. The molecule has 0 spiro atoms. The number of para-hydroxylation sites is 2. The number of carbonyl (C=O) groups is 1. The minimum absolute atomic E-state index is 0.0463. The van der Waals surface area contributed by atoms with Crippen LogP contribution in [0.5, 0.6) is 0 Å². The summed E-state index contributed by atoms with van der Waals surface area (Å²) in [4.78, 5) is 20.1. The van der Waals surface area contributed by atoms with E-state index >= 15 is 0 Å². The molecule has 4 aromatic rings. The highest BCUT2D eigenvalue weighted by molar-refractivity contribution is 5.79. The number of alkyl halides is 3. The van der Waals surface area contributed by atoms with Crippen molar-refractivity contribution in [2.75, 3.05) is 0 Å². The summed E-state index contributed by atoms with van der Waals surface area (Å²) in [5.74, 6) is -2.15. The number of nitrogens with zero attached hydrogens (tertiary/aromatic N) is 3. The Morgan fingerprint density at radius 2 is 1.83 bits per heavy atom. The van der Waals surface area contributed by atoms with Gasteiger partial charge in [0.05, 0.1) is 16.6 Å². The number of halogens is 3. The molecule has 148 valence electrons. The molecule has 0 fully saturated rings. The van der Waals surface area contributed by atoms with Crippen LogP contribution in [0.4, 0.5) is 13.2 Å². The molecule has 9 heteroatoms. The zero-order valence-corrected chi connectivity index (χ0v) is 15.0. The Bertz CT molecular complexity index is 1190. The second kappa shape index (κ2) is 6.77. The fourth-order valence-corrected chi connectivity index (χ4v) is 2.96. The van der Waals surface area contributed by atoms with E-state index in [2.05, 4.69) is 9.97 Å². The Hall–Kier alpha value is -3.62. The van der Waals surface area contributed by atoms with E-state index in [1.807, 2.05) is 6.07 Å². The quantitative estimate of drug-likeness (QED) is 0.527. The highest BCUT2D eigenvalue weighted by Gasteiger charge is 2.31. The molecule has 2 heterocycles. The van der Waals surface area contributed by atoms with E-state index in [9.17, 15) is 23.1 Å². The maximum Gasteiger partial charge on any atom is 0.416 e. The Kier molecular flexibility index (Phi) is 4.37. The van der Waals surface area contributed by atoms with Crippen molar-refractivity contribution < 1.29 is 27.5 Å². The summed E-state index contributed by atoms with van der Waals surface area (Å²) >= 11 is 0. The van der Waals surface area contributed by atoms with Crippen LogP contribution in [-0.2, 0) is 11.0 Å². The molecule has 0 saturated heterocycles. The lowest BCUT2D eigenvalue weighted by molar-refractivity contribution is -0.139. The van der Waals surface area contributed by atoms with Crippen LogP contribution < -0.4 is 0 Å². The molecular formula is C20H14F3N3O3. The minimum atomic E-state index is -4.47. The van der Waals surface area contributed by atoms with Crippen LogP contribution in [0.2, 0.25) is 0 Å². The topological polar surface area (TPSA) is 81.1 Å². The summed E-state index contributed by atoms with van der Waals surface area (Å²) in [6.45, 7) is 1.42. The van der Waals surface area contributed by atoms with Gasteiger partial charge in [-0.25, -0.2) is 4.98 Å². The van der Waals surface area contributed by atoms with Gasteiger partial charge in [-0.15, -0.1) is 0 Å². The van der Waals surface area contributed by atoms with Crippen LogP contribution in [0.1, 0.15) is 24.2 Å². The molecule has 1 atom stereocenters. The molecule has 0 aliphatic rings. The summed E-state index contributed by atoms with van der Waals surface area (Å²) in [5.41, 5.74) is 1.07. The Labute approximate surface area is 162 Å². The number of oxazole rings is 1. The van der Waals surface area contributed by atoms with Crippen molar-refractivity contribution in [2.45, 2.75) is 19.0 Å². The second-order valence-corrected chi connectivity index (χ2v) is 6.45. The Balaban J connectivity index is 1.86. The van der Waals surface area contributed by atoms with E-state index < -0.39 is 23.6 Å². The van der Waals surface area contributed by atoms with Gasteiger partial charge in [0.25, 0.3) is 0 Å². The highest BCUT2D eigenvalue weighted by atomic mass is 19.4. The lowest BCUT2D eigenvalue weighted by Crippen LogP contribution is -2.08. The third-order valence-electron chi connectivity index (χ3n) is 4.55. The molecule has 0 saturated carbocycles. The lowest BCUT2D eigenvalue weighted by Gasteiger charge is -2.08. The number of hydrogen-bond donors (Lipinski definition) is 1. The summed E-state index contributed by atoms with van der Waals surface area (Å²) < 4.78 is 45.9. The monoisotopic (exact) mass is 401 g/mol. The maximum absolute atomic E-state index is 12.9. The van der Waals surface area contributed by atoms with Crippen LogP contribution in [0, 0.1) is 0 Å². The maximum atomic E-state index is 12.9. The summed E-state index contributed by atoms with van der Waals surface area (Å²) in [7, 11) is 0. The first kappa shape index (κ1) is 18.7. The number of hydrogen-bond acceptors (Lipinski definition) is 4. The number of rotatable bonds is 4. The predicted molar refractivity (Wildman–Crippen MR) is 97.6 cm³/mol. The first-order valence-corrected chi connectivity index (χ1v) is 8.59. The minimum Gasteiger partial charge on any atom is -0.481 e. The standard InChI is InChI=1S/C20H14F3N3O3/c1-11(18(27)28)17-16(12-6-8-13(9-7-12)20(21,22)23)25-19(29-17)26-10-24-14-4-2-3-5-15(14)26/h2-11H,1H3,(H,27,28). The molecule has 1 unspecified atom stereocenters. The first-order valence-electron chi connectivity index (χ1n) is 8.59. The Morgan fingerprint density at radius 3 is 2.48 bits per heavy atom. The van der Waals surface area contributed by atoms with Crippen molar-refractivity contribution in [3.63, 3.8) is 0 Å². The number of imidazole rings is 1. The molecule has 4 rings (SSSR count). The number of carboxylic acid groups (broad SMARTS) is 1. The van der Waals surface area contributed by atoms with Gasteiger partial charge in [0.1, 0.15) is 23.7 Å². The second-order valence-electron chi connectivity index (χ2n) is 6.45. The van der Waals surface area contributed by atoms with Crippen molar-refractivity contribution in [3.8, 4) is 17.3 Å². The van der Waals surface area contributed by atoms with E-state index in [1.54, 1.807) is 22.8 Å². The van der Waals surface area contributed by atoms with Gasteiger partial charge in [-0.2, -0.15) is 18.2 Å². The summed E-state index contributed by atoms with van der Waals surface area (Å²) in [5, 5.41) is 9.41. The zero-order valence-electron chi connectivity index (χ0n) is 15.0. The molecule has 2 aromatic heterocycles.